The van der Waals surface area contributed by atoms with Gasteiger partial charge in [0, 0.05) is 6.54 Å². The Kier molecular flexibility index (Phi) is 2.62. The largest absolute Gasteiger partial charge is 0.376 e. The molecule has 0 aromatic rings. The van der Waals surface area contributed by atoms with Crippen molar-refractivity contribution < 1.29 is 9.13 Å². The summed E-state index contributed by atoms with van der Waals surface area (Å²) in [7, 11) is 0. The van der Waals surface area contributed by atoms with Gasteiger partial charge in [-0.15, -0.1) is 0 Å². The Labute approximate surface area is 84.7 Å². The van der Waals surface area contributed by atoms with Gasteiger partial charge >= 0.3 is 0 Å². The minimum atomic E-state index is -0.399. The van der Waals surface area contributed by atoms with Crippen LogP contribution in [0.3, 0.4) is 0 Å². The molecule has 1 atom stereocenters. The van der Waals surface area contributed by atoms with Crippen molar-refractivity contribution in [2.75, 3.05) is 19.7 Å². The monoisotopic (exact) mass is 199 g/mol. The predicted molar refractivity (Wildman–Crippen MR) is 53.8 cm³/mol. The molecule has 2 rings (SSSR count). The van der Waals surface area contributed by atoms with Crippen molar-refractivity contribution in [2.45, 2.75) is 38.3 Å². The summed E-state index contributed by atoms with van der Waals surface area (Å²) in [5, 5.41) is 0. The first-order valence-corrected chi connectivity index (χ1v) is 5.38. The van der Waals surface area contributed by atoms with Gasteiger partial charge in [0.15, 0.2) is 0 Å². The zero-order chi connectivity index (χ0) is 10.2. The molecule has 14 heavy (non-hydrogen) atoms. The topological polar surface area (TPSA) is 12.5 Å². The van der Waals surface area contributed by atoms with E-state index in [0.29, 0.717) is 6.61 Å². The van der Waals surface area contributed by atoms with Crippen LogP contribution in [0.2, 0.25) is 0 Å². The summed E-state index contributed by atoms with van der Waals surface area (Å²) < 4.78 is 19.3. The van der Waals surface area contributed by atoms with E-state index in [1.165, 1.54) is 0 Å². The summed E-state index contributed by atoms with van der Waals surface area (Å²) in [5.74, 6) is 0.0238. The first kappa shape index (κ1) is 10.1. The Morgan fingerprint density at radius 3 is 3.14 bits per heavy atom. The van der Waals surface area contributed by atoms with E-state index in [9.17, 15) is 4.39 Å². The van der Waals surface area contributed by atoms with Gasteiger partial charge in [0.05, 0.1) is 18.2 Å². The van der Waals surface area contributed by atoms with Gasteiger partial charge in [0.2, 0.25) is 0 Å². The molecule has 0 radical (unpaired) electrons. The molecule has 2 nitrogen and oxygen atoms in total. The second-order valence-corrected chi connectivity index (χ2v) is 4.49. The maximum Gasteiger partial charge on any atom is 0.120 e. The number of fused-ring (bicyclic) bond motifs is 1. The van der Waals surface area contributed by atoms with Crippen molar-refractivity contribution in [1.82, 2.24) is 4.90 Å². The first-order chi connectivity index (χ1) is 6.65. The number of hydrogen-bond acceptors (Lipinski definition) is 2. The molecule has 3 heteroatoms. The van der Waals surface area contributed by atoms with E-state index in [2.05, 4.69) is 4.90 Å². The number of halogens is 1. The van der Waals surface area contributed by atoms with Crippen LogP contribution in [0.15, 0.2) is 11.9 Å². The molecule has 80 valence electrons. The number of rotatable bonds is 3. The highest BCUT2D eigenvalue weighted by Gasteiger charge is 2.48. The first-order valence-electron chi connectivity index (χ1n) is 5.38. The fraction of sp³-hybridized carbons (Fsp3) is 0.818. The van der Waals surface area contributed by atoms with Crippen LogP contribution in [-0.4, -0.2) is 36.2 Å². The summed E-state index contributed by atoms with van der Waals surface area (Å²) in [6.45, 7) is 6.25. The lowest BCUT2D eigenvalue weighted by atomic mass is 9.97. The Hall–Kier alpha value is -0.410. The standard InChI is InChI=1S/C11H18FNO/c1-9(2)14-8-11-5-3-6-13(11)7-4-10(11)12/h4,9H,3,5-8H2,1-2H3. The number of hydrogen-bond donors (Lipinski definition) is 0. The van der Waals surface area contributed by atoms with Crippen molar-refractivity contribution in [1.29, 1.82) is 0 Å². The molecule has 2 heterocycles. The average molecular weight is 199 g/mol. The van der Waals surface area contributed by atoms with E-state index < -0.39 is 5.54 Å². The molecule has 1 fully saturated rings. The third-order valence-corrected chi connectivity index (χ3v) is 3.21. The second kappa shape index (κ2) is 3.63. The highest BCUT2D eigenvalue weighted by atomic mass is 19.1. The predicted octanol–water partition coefficient (Wildman–Crippen LogP) is 2.11. The third-order valence-electron chi connectivity index (χ3n) is 3.21. The van der Waals surface area contributed by atoms with Crippen LogP contribution < -0.4 is 0 Å². The maximum atomic E-state index is 13.7. The lowest BCUT2D eigenvalue weighted by Crippen LogP contribution is -2.45. The Morgan fingerprint density at radius 1 is 1.64 bits per heavy atom. The summed E-state index contributed by atoms with van der Waals surface area (Å²) in [5.41, 5.74) is -0.399. The Morgan fingerprint density at radius 2 is 2.43 bits per heavy atom. The third kappa shape index (κ3) is 1.48. The fourth-order valence-corrected chi connectivity index (χ4v) is 2.39. The van der Waals surface area contributed by atoms with Crippen LogP contribution in [0, 0.1) is 0 Å². The number of nitrogens with zero attached hydrogens (tertiary/aromatic N) is 1. The molecule has 0 bridgehead atoms. The summed E-state index contributed by atoms with van der Waals surface area (Å²) in [4.78, 5) is 2.20. The lowest BCUT2D eigenvalue weighted by molar-refractivity contribution is 0.00556. The molecule has 0 aromatic heterocycles. The molecule has 0 aromatic carbocycles. The van der Waals surface area contributed by atoms with Gasteiger partial charge in [-0.2, -0.15) is 0 Å². The van der Waals surface area contributed by atoms with E-state index in [1.54, 1.807) is 6.08 Å². The minimum absolute atomic E-state index is 0.0238. The maximum absolute atomic E-state index is 13.7. The van der Waals surface area contributed by atoms with Gasteiger partial charge in [-0.25, -0.2) is 4.39 Å². The molecule has 0 aliphatic carbocycles. The van der Waals surface area contributed by atoms with Gasteiger partial charge in [-0.3, -0.25) is 4.90 Å². The zero-order valence-corrected chi connectivity index (χ0v) is 8.92. The molecular weight excluding hydrogens is 181 g/mol. The average Bonchev–Trinajstić information content (AvgIpc) is 2.65. The highest BCUT2D eigenvalue weighted by molar-refractivity contribution is 5.24. The Balaban J connectivity index is 2.07. The Bertz CT molecular complexity index is 252. The second-order valence-electron chi connectivity index (χ2n) is 4.49. The molecular formula is C11H18FNO. The number of ether oxygens (including phenoxy) is 1. The van der Waals surface area contributed by atoms with Crippen molar-refractivity contribution in [2.24, 2.45) is 0 Å². The van der Waals surface area contributed by atoms with Crippen LogP contribution in [0.4, 0.5) is 4.39 Å². The molecule has 1 saturated heterocycles. The van der Waals surface area contributed by atoms with Gasteiger partial charge in [-0.1, -0.05) is 0 Å². The molecule has 1 unspecified atom stereocenters. The van der Waals surface area contributed by atoms with Crippen molar-refractivity contribution in [3.63, 3.8) is 0 Å². The van der Waals surface area contributed by atoms with Crippen molar-refractivity contribution >= 4 is 0 Å². The van der Waals surface area contributed by atoms with Gasteiger partial charge in [-0.05, 0) is 39.3 Å². The highest BCUT2D eigenvalue weighted by Crippen LogP contribution is 2.40. The quantitative estimate of drug-likeness (QED) is 0.690. The molecule has 0 saturated carbocycles. The van der Waals surface area contributed by atoms with Gasteiger partial charge < -0.3 is 4.74 Å². The summed E-state index contributed by atoms with van der Waals surface area (Å²) in [6.07, 6.45) is 3.87. The normalized spacial score (nSPS) is 32.4. The van der Waals surface area contributed by atoms with Crippen LogP contribution in [-0.2, 0) is 4.74 Å². The van der Waals surface area contributed by atoms with Crippen molar-refractivity contribution in [3.8, 4) is 0 Å². The van der Waals surface area contributed by atoms with Crippen molar-refractivity contribution in [3.05, 3.63) is 11.9 Å². The van der Waals surface area contributed by atoms with Crippen LogP contribution in [0.1, 0.15) is 26.7 Å². The van der Waals surface area contributed by atoms with Gasteiger partial charge in [0.25, 0.3) is 0 Å². The molecule has 0 spiro atoms. The summed E-state index contributed by atoms with van der Waals surface area (Å²) in [6, 6.07) is 0. The van der Waals surface area contributed by atoms with Crippen LogP contribution in [0.25, 0.3) is 0 Å². The van der Waals surface area contributed by atoms with E-state index in [0.717, 1.165) is 25.9 Å². The van der Waals surface area contributed by atoms with E-state index in [-0.39, 0.29) is 11.9 Å². The molecule has 0 N–H and O–H groups in total. The molecule has 2 aliphatic heterocycles. The summed E-state index contributed by atoms with van der Waals surface area (Å²) >= 11 is 0. The van der Waals surface area contributed by atoms with Crippen LogP contribution in [0.5, 0.6) is 0 Å². The van der Waals surface area contributed by atoms with E-state index >= 15 is 0 Å². The van der Waals surface area contributed by atoms with Crippen LogP contribution >= 0.6 is 0 Å². The SMILES string of the molecule is CC(C)OCC12CCCN1CC=C2F. The lowest BCUT2D eigenvalue weighted by Gasteiger charge is -2.32. The molecule has 2 aliphatic rings. The zero-order valence-electron chi connectivity index (χ0n) is 8.92. The van der Waals surface area contributed by atoms with E-state index in [1.807, 2.05) is 13.8 Å². The van der Waals surface area contributed by atoms with E-state index in [4.69, 9.17) is 4.74 Å². The smallest absolute Gasteiger partial charge is 0.120 e. The van der Waals surface area contributed by atoms with Gasteiger partial charge in [0.1, 0.15) is 5.83 Å². The molecule has 0 amide bonds. The minimum Gasteiger partial charge on any atom is -0.376 e. The fourth-order valence-electron chi connectivity index (χ4n) is 2.39.